The minimum Gasteiger partial charge on any atom is -0.370 e. The molecule has 4 nitrogen and oxygen atoms in total. The van der Waals surface area contributed by atoms with Gasteiger partial charge in [0, 0.05) is 30.7 Å². The first kappa shape index (κ1) is 19.5. The highest BCUT2D eigenvalue weighted by Gasteiger charge is 2.45. The molecule has 2 N–H and O–H groups in total. The molecule has 3 aliphatic heterocycles. The van der Waals surface area contributed by atoms with Crippen LogP contribution in [0.1, 0.15) is 26.2 Å². The maximum atomic E-state index is 14.0. The Hall–Kier alpha value is -1.26. The van der Waals surface area contributed by atoms with Gasteiger partial charge in [0.25, 0.3) is 0 Å². The zero-order valence-corrected chi connectivity index (χ0v) is 15.7. The lowest BCUT2D eigenvalue weighted by atomic mass is 9.86. The Morgan fingerprint density at radius 2 is 2.04 bits per heavy atom. The molecule has 0 amide bonds. The second-order valence-electron chi connectivity index (χ2n) is 8.16. The fraction of sp³-hybridized carbons (Fsp3) is 0.700. The van der Waals surface area contributed by atoms with Gasteiger partial charge in [-0.15, -0.1) is 6.42 Å². The molecule has 0 aromatic heterocycles. The number of hydrogen-bond donors (Lipinski definition) is 1. The average Bonchev–Trinajstić information content (AvgIpc) is 3.18. The predicted octanol–water partition coefficient (Wildman–Crippen LogP) is 2.23. The van der Waals surface area contributed by atoms with Crippen molar-refractivity contribution in [3.8, 4) is 12.3 Å². The number of hydrogen-bond acceptors (Lipinski definition) is 4. The molecule has 0 saturated carbocycles. The molecule has 0 bridgehead atoms. The van der Waals surface area contributed by atoms with Gasteiger partial charge >= 0.3 is 0 Å². The van der Waals surface area contributed by atoms with Gasteiger partial charge in [0.05, 0.1) is 12.4 Å². The summed E-state index contributed by atoms with van der Waals surface area (Å²) in [5, 5.41) is 0. The van der Waals surface area contributed by atoms with Crippen molar-refractivity contribution in [2.45, 2.75) is 44.4 Å². The van der Waals surface area contributed by atoms with Crippen LogP contribution in [0.4, 0.5) is 8.78 Å². The fourth-order valence-electron chi connectivity index (χ4n) is 4.76. The third-order valence-electron chi connectivity index (χ3n) is 6.06. The predicted molar refractivity (Wildman–Crippen MR) is 98.7 cm³/mol. The van der Waals surface area contributed by atoms with Crippen molar-refractivity contribution in [3.63, 3.8) is 0 Å². The van der Waals surface area contributed by atoms with Gasteiger partial charge in [-0.3, -0.25) is 4.90 Å². The van der Waals surface area contributed by atoms with Gasteiger partial charge in [-0.2, -0.15) is 4.39 Å². The molecule has 144 valence electrons. The average molecular weight is 365 g/mol. The summed E-state index contributed by atoms with van der Waals surface area (Å²) in [6.07, 6.45) is 8.68. The summed E-state index contributed by atoms with van der Waals surface area (Å²) in [7, 11) is 2.18. The van der Waals surface area contributed by atoms with E-state index in [1.54, 1.807) is 0 Å². The summed E-state index contributed by atoms with van der Waals surface area (Å²) in [5.41, 5.74) is 6.72. The van der Waals surface area contributed by atoms with Crippen LogP contribution in [0.15, 0.2) is 23.3 Å². The Bertz CT molecular complexity index is 637. The molecule has 4 atom stereocenters. The molecule has 4 unspecified atom stereocenters. The largest absolute Gasteiger partial charge is 0.370 e. The summed E-state index contributed by atoms with van der Waals surface area (Å²) in [5.74, 6) is 0.614. The molecule has 0 aliphatic carbocycles. The Balaban J connectivity index is 1.66. The molecular weight excluding hydrogens is 336 g/mol. The highest BCUT2D eigenvalue weighted by atomic mass is 19.1. The van der Waals surface area contributed by atoms with Crippen LogP contribution in [0.25, 0.3) is 0 Å². The van der Waals surface area contributed by atoms with Crippen LogP contribution in [0.5, 0.6) is 0 Å². The van der Waals surface area contributed by atoms with E-state index in [4.69, 9.17) is 16.9 Å². The van der Waals surface area contributed by atoms with Crippen molar-refractivity contribution in [2.75, 3.05) is 39.8 Å². The molecule has 0 radical (unpaired) electrons. The van der Waals surface area contributed by atoms with E-state index in [-0.39, 0.29) is 11.6 Å². The Morgan fingerprint density at radius 1 is 1.31 bits per heavy atom. The molecule has 1 spiro atoms. The quantitative estimate of drug-likeness (QED) is 0.615. The number of nitrogens with two attached hydrogens (primary N) is 1. The molecule has 6 heteroatoms. The SMILES string of the molecule is C#CC(F)=C(C=C(C)F)C1OCC(N2CCC3(CCN(C)C3)C2)CC1N. The number of rotatable bonds is 3. The number of allylic oxidation sites excluding steroid dienone is 2. The standard InChI is InChI=1S/C20H29F2N3O/c1-4-17(22)16(9-14(2)21)19-18(23)10-15(11-26-19)25-8-6-20(13-25)5-7-24(3)12-20/h1,9,15,18-19H,5-8,10-13,23H2,2-3H3. The van der Waals surface area contributed by atoms with Crippen LogP contribution < -0.4 is 5.73 Å². The third kappa shape index (κ3) is 4.01. The van der Waals surface area contributed by atoms with E-state index in [0.717, 1.165) is 32.3 Å². The van der Waals surface area contributed by atoms with Gasteiger partial charge in [0.1, 0.15) is 6.10 Å². The summed E-state index contributed by atoms with van der Waals surface area (Å²) in [6.45, 7) is 6.13. The molecule has 3 heterocycles. The zero-order valence-electron chi connectivity index (χ0n) is 15.7. The highest BCUT2D eigenvalue weighted by molar-refractivity contribution is 5.37. The first-order valence-corrected chi connectivity index (χ1v) is 9.33. The summed E-state index contributed by atoms with van der Waals surface area (Å²) >= 11 is 0. The molecule has 3 rings (SSSR count). The lowest BCUT2D eigenvalue weighted by Crippen LogP contribution is -2.52. The minimum absolute atomic E-state index is 0.0359. The normalized spacial score (nSPS) is 37.8. The molecule has 26 heavy (non-hydrogen) atoms. The van der Waals surface area contributed by atoms with Crippen LogP contribution >= 0.6 is 0 Å². The summed E-state index contributed by atoms with van der Waals surface area (Å²) in [6, 6.07) is -0.196. The molecule has 3 fully saturated rings. The van der Waals surface area contributed by atoms with Gasteiger partial charge < -0.3 is 15.4 Å². The van der Waals surface area contributed by atoms with Gasteiger partial charge in [-0.1, -0.05) is 0 Å². The van der Waals surface area contributed by atoms with Crippen molar-refractivity contribution in [2.24, 2.45) is 11.1 Å². The minimum atomic E-state index is -0.810. The summed E-state index contributed by atoms with van der Waals surface area (Å²) in [4.78, 5) is 4.86. The number of terminal acetylenes is 1. The van der Waals surface area contributed by atoms with Crippen LogP contribution in [0.3, 0.4) is 0 Å². The van der Waals surface area contributed by atoms with E-state index in [0.29, 0.717) is 18.4 Å². The molecule has 3 aliphatic rings. The number of ether oxygens (including phenoxy) is 1. The van der Waals surface area contributed by atoms with Gasteiger partial charge in [-0.05, 0) is 63.7 Å². The monoisotopic (exact) mass is 365 g/mol. The lowest BCUT2D eigenvalue weighted by Gasteiger charge is -2.39. The van der Waals surface area contributed by atoms with Crippen molar-refractivity contribution in [1.29, 1.82) is 0 Å². The van der Waals surface area contributed by atoms with Crippen molar-refractivity contribution >= 4 is 0 Å². The fourth-order valence-corrected chi connectivity index (χ4v) is 4.76. The molecule has 0 aromatic carbocycles. The van der Waals surface area contributed by atoms with Crippen molar-refractivity contribution in [1.82, 2.24) is 9.80 Å². The van der Waals surface area contributed by atoms with Crippen LogP contribution in [-0.2, 0) is 4.74 Å². The van der Waals surface area contributed by atoms with Gasteiger partial charge in [-0.25, -0.2) is 4.39 Å². The maximum Gasteiger partial charge on any atom is 0.178 e. The molecule has 0 aromatic rings. The maximum absolute atomic E-state index is 14.0. The smallest absolute Gasteiger partial charge is 0.178 e. The van der Waals surface area contributed by atoms with E-state index in [1.165, 1.54) is 19.8 Å². The van der Waals surface area contributed by atoms with Crippen LogP contribution in [-0.4, -0.2) is 67.8 Å². The lowest BCUT2D eigenvalue weighted by molar-refractivity contribution is -0.0278. The van der Waals surface area contributed by atoms with E-state index in [1.807, 2.05) is 5.92 Å². The van der Waals surface area contributed by atoms with Crippen LogP contribution in [0.2, 0.25) is 0 Å². The second kappa shape index (κ2) is 7.77. The topological polar surface area (TPSA) is 41.7 Å². The summed E-state index contributed by atoms with van der Waals surface area (Å²) < 4.78 is 33.3. The van der Waals surface area contributed by atoms with E-state index >= 15 is 0 Å². The van der Waals surface area contributed by atoms with E-state index in [9.17, 15) is 8.78 Å². The zero-order chi connectivity index (χ0) is 18.9. The number of likely N-dealkylation sites (tertiary alicyclic amines) is 2. The van der Waals surface area contributed by atoms with Crippen LogP contribution in [0, 0.1) is 17.8 Å². The highest BCUT2D eigenvalue weighted by Crippen LogP contribution is 2.40. The molecular formula is C20H29F2N3O. The van der Waals surface area contributed by atoms with Crippen molar-refractivity contribution < 1.29 is 13.5 Å². The first-order chi connectivity index (χ1) is 12.3. The Labute approximate surface area is 155 Å². The Kier molecular flexibility index (Phi) is 5.83. The van der Waals surface area contributed by atoms with Gasteiger partial charge in [0.2, 0.25) is 0 Å². The number of halogens is 2. The first-order valence-electron chi connectivity index (χ1n) is 9.33. The molecule has 3 saturated heterocycles. The van der Waals surface area contributed by atoms with E-state index < -0.39 is 23.8 Å². The second-order valence-corrected chi connectivity index (χ2v) is 8.16. The van der Waals surface area contributed by atoms with Gasteiger partial charge in [0.15, 0.2) is 5.83 Å². The van der Waals surface area contributed by atoms with E-state index in [2.05, 4.69) is 16.8 Å². The number of nitrogens with zero attached hydrogens (tertiary/aromatic N) is 2. The van der Waals surface area contributed by atoms with Crippen molar-refractivity contribution in [3.05, 3.63) is 23.3 Å². The third-order valence-corrected chi connectivity index (χ3v) is 6.06. The Morgan fingerprint density at radius 3 is 2.62 bits per heavy atom.